The van der Waals surface area contributed by atoms with Crippen LogP contribution in [0.4, 0.5) is 0 Å². The van der Waals surface area contributed by atoms with Crippen LogP contribution in [0.5, 0.6) is 11.5 Å². The lowest BCUT2D eigenvalue weighted by atomic mass is 9.99. The maximum atomic E-state index is 14.2. The predicted octanol–water partition coefficient (Wildman–Crippen LogP) is 9.21. The van der Waals surface area contributed by atoms with E-state index >= 15 is 0 Å². The third-order valence-corrected chi connectivity index (χ3v) is 9.64. The Morgan fingerprint density at radius 1 is 0.855 bits per heavy atom. The molecule has 1 heterocycles. The fourth-order valence-electron chi connectivity index (χ4n) is 6.05. The van der Waals surface area contributed by atoms with Gasteiger partial charge in [-0.25, -0.2) is 0 Å². The first kappa shape index (κ1) is 38.3. The number of nitrogens with one attached hydrogen (secondary N) is 1. The summed E-state index contributed by atoms with van der Waals surface area (Å²) in [6, 6.07) is 38.6. The first-order valence-corrected chi connectivity index (χ1v) is 18.9. The molecule has 0 aromatic heterocycles. The van der Waals surface area contributed by atoms with Crippen LogP contribution in [0.1, 0.15) is 42.1 Å². The molecule has 0 saturated carbocycles. The van der Waals surface area contributed by atoms with E-state index in [2.05, 4.69) is 41.2 Å². The second-order valence-corrected chi connectivity index (χ2v) is 13.4. The molecular weight excluding hydrogens is 707 g/mol. The molecule has 6 rings (SSSR count). The molecule has 0 unspecified atom stereocenters. The van der Waals surface area contributed by atoms with E-state index in [4.69, 9.17) is 9.47 Å². The Labute approximate surface area is 325 Å². The third-order valence-electron chi connectivity index (χ3n) is 8.70. The zero-order valence-electron chi connectivity index (χ0n) is 30.7. The van der Waals surface area contributed by atoms with Crippen molar-refractivity contribution in [1.29, 1.82) is 0 Å². The Balaban J connectivity index is 1.23. The van der Waals surface area contributed by atoms with E-state index in [1.807, 2.05) is 85.8 Å². The predicted molar refractivity (Wildman–Crippen MR) is 222 cm³/mol. The largest absolute Gasteiger partial charge is 0.490 e. The number of ether oxygens (including phenoxy) is 2. The second-order valence-electron chi connectivity index (χ2n) is 12.4. The number of nitrogens with zero attached hydrogens (tertiary/aromatic N) is 2. The standard InChI is InChI=1S/C46H41N3O5S/c1-4-7-22-38(5-2)49-45(52)39(28-32-24-26-40(41(29-32)53-6-3)54-30-33-23-25-34-16-14-15-21-37(34)27-33)44(51)48-46(49)55-31-42(50)47-43(35-17-10-8-11-18-35)36-19-12-9-13-20-36/h4-5,7-29,43H,1,6,30-31H2,2-3H3,(H,47,50)/b22-7-,38-5+,39-28+. The number of allylic oxidation sites excluding steroid dienone is 4. The molecule has 0 bridgehead atoms. The van der Waals surface area contributed by atoms with Gasteiger partial charge in [-0.3, -0.25) is 19.3 Å². The Morgan fingerprint density at radius 3 is 2.22 bits per heavy atom. The van der Waals surface area contributed by atoms with Gasteiger partial charge in [-0.05, 0) is 77.2 Å². The summed E-state index contributed by atoms with van der Waals surface area (Å²) in [4.78, 5) is 47.0. The van der Waals surface area contributed by atoms with Crippen LogP contribution in [0.15, 0.2) is 168 Å². The number of carbonyl (C=O) groups excluding carboxylic acids is 3. The van der Waals surface area contributed by atoms with E-state index in [0.29, 0.717) is 36.0 Å². The van der Waals surface area contributed by atoms with Crippen LogP contribution >= 0.6 is 11.8 Å². The molecule has 0 radical (unpaired) electrons. The molecule has 5 aromatic carbocycles. The summed E-state index contributed by atoms with van der Waals surface area (Å²) in [5.74, 6) is -0.669. The number of fused-ring (bicyclic) bond motifs is 1. The van der Waals surface area contributed by atoms with E-state index in [-0.39, 0.29) is 22.4 Å². The maximum absolute atomic E-state index is 14.2. The van der Waals surface area contributed by atoms with Crippen molar-refractivity contribution in [3.05, 3.63) is 186 Å². The first-order valence-electron chi connectivity index (χ1n) is 17.9. The molecule has 0 aliphatic carbocycles. The van der Waals surface area contributed by atoms with Gasteiger partial charge in [-0.15, -0.1) is 0 Å². The molecule has 8 nitrogen and oxygen atoms in total. The molecule has 276 valence electrons. The highest BCUT2D eigenvalue weighted by atomic mass is 32.2. The lowest BCUT2D eigenvalue weighted by Crippen LogP contribution is -2.42. The number of rotatable bonds is 14. The fourth-order valence-corrected chi connectivity index (χ4v) is 6.86. The molecule has 0 fully saturated rings. The Bertz CT molecular complexity index is 2280. The van der Waals surface area contributed by atoms with E-state index in [1.54, 1.807) is 49.4 Å². The van der Waals surface area contributed by atoms with E-state index in [9.17, 15) is 14.4 Å². The number of hydrogen-bond acceptors (Lipinski definition) is 6. The molecular formula is C46H41N3O5S. The molecule has 5 aromatic rings. The number of carbonyl (C=O) groups is 3. The average Bonchev–Trinajstić information content (AvgIpc) is 3.22. The molecule has 0 atom stereocenters. The minimum atomic E-state index is -0.714. The lowest BCUT2D eigenvalue weighted by molar-refractivity contribution is -0.126. The molecule has 1 aliphatic heterocycles. The number of benzene rings is 5. The number of hydrogen-bond donors (Lipinski definition) is 1. The van der Waals surface area contributed by atoms with Gasteiger partial charge in [0, 0.05) is 5.70 Å². The molecule has 55 heavy (non-hydrogen) atoms. The normalized spacial score (nSPS) is 14.1. The average molecular weight is 748 g/mol. The highest BCUT2D eigenvalue weighted by Gasteiger charge is 2.35. The molecule has 1 N–H and O–H groups in total. The highest BCUT2D eigenvalue weighted by molar-refractivity contribution is 8.14. The summed E-state index contributed by atoms with van der Waals surface area (Å²) >= 11 is 1.01. The minimum absolute atomic E-state index is 0.0903. The van der Waals surface area contributed by atoms with Crippen LogP contribution in [0.2, 0.25) is 0 Å². The summed E-state index contributed by atoms with van der Waals surface area (Å²) in [5, 5.41) is 5.48. The second kappa shape index (κ2) is 18.5. The third kappa shape index (κ3) is 9.57. The van der Waals surface area contributed by atoms with Gasteiger partial charge in [0.1, 0.15) is 12.2 Å². The van der Waals surface area contributed by atoms with Crippen molar-refractivity contribution in [1.82, 2.24) is 10.2 Å². The number of thioether (sulfide) groups is 1. The van der Waals surface area contributed by atoms with Gasteiger partial charge >= 0.3 is 0 Å². The summed E-state index contributed by atoms with van der Waals surface area (Å²) in [7, 11) is 0. The Kier molecular flexibility index (Phi) is 12.9. The van der Waals surface area contributed by atoms with Crippen molar-refractivity contribution < 1.29 is 23.9 Å². The topological polar surface area (TPSA) is 97.3 Å². The summed E-state index contributed by atoms with van der Waals surface area (Å²) < 4.78 is 12.1. The zero-order valence-corrected chi connectivity index (χ0v) is 31.5. The van der Waals surface area contributed by atoms with Gasteiger partial charge in [0.05, 0.1) is 18.4 Å². The molecule has 0 saturated heterocycles. The Hall–Kier alpha value is -6.45. The summed E-state index contributed by atoms with van der Waals surface area (Å²) in [6.45, 7) is 8.11. The van der Waals surface area contributed by atoms with Gasteiger partial charge in [0.2, 0.25) is 5.91 Å². The fraction of sp³-hybridized carbons (Fsp3) is 0.130. The van der Waals surface area contributed by atoms with Gasteiger partial charge in [-0.1, -0.05) is 140 Å². The SMILES string of the molecule is C=C/C=C\C(=C/C)N1C(=O)/C(=C/c2ccc(OCc3ccc4ccccc4c3)c(OCC)c2)C(=O)N=C1SCC(=O)NC(c1ccccc1)c1ccccc1. The van der Waals surface area contributed by atoms with Gasteiger partial charge in [0.15, 0.2) is 16.7 Å². The molecule has 3 amide bonds. The van der Waals surface area contributed by atoms with Crippen molar-refractivity contribution >= 4 is 51.5 Å². The van der Waals surface area contributed by atoms with Crippen LogP contribution < -0.4 is 14.8 Å². The van der Waals surface area contributed by atoms with Crippen molar-refractivity contribution in [3.63, 3.8) is 0 Å². The molecule has 0 spiro atoms. The quantitative estimate of drug-likeness (QED) is 0.0692. The van der Waals surface area contributed by atoms with Crippen LogP contribution in [-0.2, 0) is 21.0 Å². The summed E-state index contributed by atoms with van der Waals surface area (Å²) in [6.07, 6.45) is 8.21. The van der Waals surface area contributed by atoms with Crippen molar-refractivity contribution in [3.8, 4) is 11.5 Å². The van der Waals surface area contributed by atoms with Crippen molar-refractivity contribution in [2.75, 3.05) is 12.4 Å². The number of amidine groups is 1. The van der Waals surface area contributed by atoms with Crippen LogP contribution in [-0.4, -0.2) is 40.1 Å². The van der Waals surface area contributed by atoms with Crippen LogP contribution in [0, 0.1) is 0 Å². The smallest absolute Gasteiger partial charge is 0.285 e. The summed E-state index contributed by atoms with van der Waals surface area (Å²) in [5.41, 5.74) is 3.74. The lowest BCUT2D eigenvalue weighted by Gasteiger charge is -2.28. The minimum Gasteiger partial charge on any atom is -0.490 e. The molecule has 9 heteroatoms. The maximum Gasteiger partial charge on any atom is 0.285 e. The van der Waals surface area contributed by atoms with Crippen LogP contribution in [0.3, 0.4) is 0 Å². The van der Waals surface area contributed by atoms with Crippen LogP contribution in [0.25, 0.3) is 16.8 Å². The van der Waals surface area contributed by atoms with E-state index in [0.717, 1.165) is 39.2 Å². The van der Waals surface area contributed by atoms with Gasteiger partial charge in [-0.2, -0.15) is 4.99 Å². The Morgan fingerprint density at radius 2 is 1.55 bits per heavy atom. The molecule has 1 aliphatic rings. The first-order chi connectivity index (χ1) is 26.9. The number of aliphatic imine (C=N–C) groups is 1. The monoisotopic (exact) mass is 747 g/mol. The highest BCUT2D eigenvalue weighted by Crippen LogP contribution is 2.32. The zero-order chi connectivity index (χ0) is 38.6. The number of amides is 3. The van der Waals surface area contributed by atoms with Gasteiger partial charge < -0.3 is 14.8 Å². The van der Waals surface area contributed by atoms with E-state index < -0.39 is 17.9 Å². The van der Waals surface area contributed by atoms with Crippen molar-refractivity contribution in [2.45, 2.75) is 26.5 Å². The van der Waals surface area contributed by atoms with Gasteiger partial charge in [0.25, 0.3) is 11.8 Å². The van der Waals surface area contributed by atoms with E-state index in [1.165, 1.54) is 11.0 Å². The van der Waals surface area contributed by atoms with Crippen molar-refractivity contribution in [2.24, 2.45) is 4.99 Å².